The van der Waals surface area contributed by atoms with Crippen LogP contribution in [0, 0.1) is 21.4 Å². The fraction of sp³-hybridized carbons (Fsp3) is 0.222. The van der Waals surface area contributed by atoms with E-state index in [4.69, 9.17) is 15.9 Å². The molecule has 1 aromatic rings. The number of nitro benzene ring substituents is 1. The van der Waals surface area contributed by atoms with Crippen molar-refractivity contribution >= 4 is 25.4 Å². The summed E-state index contributed by atoms with van der Waals surface area (Å²) >= 11 is 0. The van der Waals surface area contributed by atoms with Crippen molar-refractivity contribution in [3.05, 3.63) is 33.4 Å². The van der Waals surface area contributed by atoms with Gasteiger partial charge in [0.1, 0.15) is 0 Å². The lowest BCUT2D eigenvalue weighted by molar-refractivity contribution is -0.387. The summed E-state index contributed by atoms with van der Waals surface area (Å²) in [6.45, 7) is 1.62. The third-order valence-electron chi connectivity index (χ3n) is 2.10. The molecule has 0 N–H and O–H groups in total. The number of halogens is 1. The number of aryl methyl sites for hydroxylation is 1. The zero-order valence-electron chi connectivity index (χ0n) is 8.68. The van der Waals surface area contributed by atoms with Crippen molar-refractivity contribution in [2.45, 2.75) is 18.2 Å². The van der Waals surface area contributed by atoms with E-state index >= 15 is 0 Å². The first-order chi connectivity index (χ1) is 7.81. The number of nitriles is 1. The van der Waals surface area contributed by atoms with E-state index in [0.29, 0.717) is 0 Å². The van der Waals surface area contributed by atoms with Crippen LogP contribution in [0.5, 0.6) is 0 Å². The molecule has 0 atom stereocenters. The quantitative estimate of drug-likeness (QED) is 0.476. The molecular formula is C9H7ClN2O4S. The summed E-state index contributed by atoms with van der Waals surface area (Å²) in [5.41, 5.74) is -0.487. The molecule has 0 saturated heterocycles. The third-order valence-corrected chi connectivity index (χ3v) is 3.52. The van der Waals surface area contributed by atoms with Gasteiger partial charge in [0.2, 0.25) is 0 Å². The summed E-state index contributed by atoms with van der Waals surface area (Å²) in [5, 5.41) is 19.5. The van der Waals surface area contributed by atoms with Gasteiger partial charge in [0.05, 0.1) is 16.6 Å². The van der Waals surface area contributed by atoms with Gasteiger partial charge in [0.25, 0.3) is 14.7 Å². The second-order valence-electron chi connectivity index (χ2n) is 3.14. The lowest BCUT2D eigenvalue weighted by atomic mass is 10.1. The molecule has 0 fully saturated rings. The minimum Gasteiger partial charge on any atom is -0.258 e. The third kappa shape index (κ3) is 2.72. The molecule has 0 saturated carbocycles. The Kier molecular flexibility index (Phi) is 3.70. The van der Waals surface area contributed by atoms with Gasteiger partial charge in [-0.2, -0.15) is 5.26 Å². The highest BCUT2D eigenvalue weighted by Crippen LogP contribution is 2.31. The first-order valence-corrected chi connectivity index (χ1v) is 6.78. The molecule has 8 heteroatoms. The Hall–Kier alpha value is -1.65. The van der Waals surface area contributed by atoms with E-state index in [1.807, 2.05) is 0 Å². The van der Waals surface area contributed by atoms with Crippen molar-refractivity contribution in [2.24, 2.45) is 0 Å². The van der Waals surface area contributed by atoms with Crippen molar-refractivity contribution in [1.29, 1.82) is 5.26 Å². The van der Waals surface area contributed by atoms with E-state index in [-0.39, 0.29) is 17.5 Å². The SMILES string of the molecule is CCc1cc(C#N)cc([N+](=O)[O-])c1S(=O)(=O)Cl. The molecule has 0 aliphatic rings. The summed E-state index contributed by atoms with van der Waals surface area (Å²) in [6.07, 6.45) is 0.220. The first-order valence-electron chi connectivity index (χ1n) is 4.47. The van der Waals surface area contributed by atoms with Crippen molar-refractivity contribution in [3.63, 3.8) is 0 Å². The molecule has 0 spiro atoms. The van der Waals surface area contributed by atoms with Crippen molar-refractivity contribution in [3.8, 4) is 6.07 Å². The first kappa shape index (κ1) is 13.4. The molecular weight excluding hydrogens is 268 g/mol. The molecule has 0 amide bonds. The van der Waals surface area contributed by atoms with Crippen LogP contribution >= 0.6 is 10.7 Å². The Morgan fingerprint density at radius 1 is 1.53 bits per heavy atom. The van der Waals surface area contributed by atoms with Crippen LogP contribution in [0.4, 0.5) is 5.69 Å². The highest BCUT2D eigenvalue weighted by Gasteiger charge is 2.28. The normalized spacial score (nSPS) is 10.9. The summed E-state index contributed by atoms with van der Waals surface area (Å²) in [7, 11) is 0.947. The van der Waals surface area contributed by atoms with Gasteiger partial charge in [-0.25, -0.2) is 8.42 Å². The van der Waals surface area contributed by atoms with Crippen molar-refractivity contribution in [2.75, 3.05) is 0 Å². The van der Waals surface area contributed by atoms with E-state index in [1.165, 1.54) is 6.07 Å². The predicted octanol–water partition coefficient (Wildman–Crippen LogP) is 1.96. The van der Waals surface area contributed by atoms with Gasteiger partial charge < -0.3 is 0 Å². The van der Waals surface area contributed by atoms with Crippen LogP contribution in [0.3, 0.4) is 0 Å². The molecule has 1 aromatic carbocycles. The maximum atomic E-state index is 11.3. The van der Waals surface area contributed by atoms with Crippen LogP contribution in [-0.4, -0.2) is 13.3 Å². The molecule has 1 rings (SSSR count). The summed E-state index contributed by atoms with van der Waals surface area (Å²) in [4.78, 5) is 9.38. The molecule has 0 bridgehead atoms. The number of hydrogen-bond acceptors (Lipinski definition) is 5. The molecule has 0 aliphatic carbocycles. The predicted molar refractivity (Wildman–Crippen MR) is 60.2 cm³/mol. The number of nitro groups is 1. The Bertz CT molecular complexity index is 619. The number of hydrogen-bond donors (Lipinski definition) is 0. The average Bonchev–Trinajstić information content (AvgIpc) is 2.25. The van der Waals surface area contributed by atoms with Crippen LogP contribution in [0.15, 0.2) is 17.0 Å². The minimum atomic E-state index is -4.23. The maximum absolute atomic E-state index is 11.3. The van der Waals surface area contributed by atoms with E-state index in [2.05, 4.69) is 0 Å². The fourth-order valence-corrected chi connectivity index (χ4v) is 2.85. The molecule has 0 radical (unpaired) electrons. The molecule has 90 valence electrons. The highest BCUT2D eigenvalue weighted by molar-refractivity contribution is 8.13. The molecule has 17 heavy (non-hydrogen) atoms. The smallest absolute Gasteiger partial charge is 0.258 e. The second-order valence-corrected chi connectivity index (χ2v) is 5.65. The minimum absolute atomic E-state index is 0.0256. The molecule has 0 aliphatic heterocycles. The Morgan fingerprint density at radius 3 is 2.47 bits per heavy atom. The molecule has 0 aromatic heterocycles. The molecule has 6 nitrogen and oxygen atoms in total. The largest absolute Gasteiger partial charge is 0.290 e. The number of rotatable bonds is 3. The van der Waals surface area contributed by atoms with Crippen LogP contribution in [0.2, 0.25) is 0 Å². The van der Waals surface area contributed by atoms with Gasteiger partial charge in [-0.1, -0.05) is 6.92 Å². The zero-order chi connectivity index (χ0) is 13.2. The zero-order valence-corrected chi connectivity index (χ0v) is 10.2. The second kappa shape index (κ2) is 4.69. The van der Waals surface area contributed by atoms with Crippen LogP contribution in [0.1, 0.15) is 18.1 Å². The Morgan fingerprint density at radius 2 is 2.12 bits per heavy atom. The maximum Gasteiger partial charge on any atom is 0.290 e. The van der Waals surface area contributed by atoms with Crippen LogP contribution in [0.25, 0.3) is 0 Å². The average molecular weight is 275 g/mol. The van der Waals surface area contributed by atoms with E-state index in [0.717, 1.165) is 6.07 Å². The number of benzene rings is 1. The van der Waals surface area contributed by atoms with E-state index < -0.39 is 24.6 Å². The number of nitrogens with zero attached hydrogens (tertiary/aromatic N) is 2. The van der Waals surface area contributed by atoms with Gasteiger partial charge in [-0.15, -0.1) is 0 Å². The van der Waals surface area contributed by atoms with E-state index in [9.17, 15) is 18.5 Å². The molecule has 0 unspecified atom stereocenters. The van der Waals surface area contributed by atoms with Gasteiger partial charge in [0.15, 0.2) is 4.90 Å². The van der Waals surface area contributed by atoms with Crippen LogP contribution in [-0.2, 0) is 15.5 Å². The van der Waals surface area contributed by atoms with Gasteiger partial charge in [0, 0.05) is 16.7 Å². The Balaban J connectivity index is 3.79. The van der Waals surface area contributed by atoms with Crippen LogP contribution < -0.4 is 0 Å². The van der Waals surface area contributed by atoms with E-state index in [1.54, 1.807) is 13.0 Å². The van der Waals surface area contributed by atoms with Crippen molar-refractivity contribution < 1.29 is 13.3 Å². The fourth-order valence-electron chi connectivity index (χ4n) is 1.42. The van der Waals surface area contributed by atoms with Crippen molar-refractivity contribution in [1.82, 2.24) is 0 Å². The monoisotopic (exact) mass is 274 g/mol. The lowest BCUT2D eigenvalue weighted by Gasteiger charge is -2.05. The topological polar surface area (TPSA) is 101 Å². The standard InChI is InChI=1S/C9H7ClN2O4S/c1-2-7-3-6(5-11)4-8(12(13)14)9(7)17(10,15)16/h3-4H,2H2,1H3. The lowest BCUT2D eigenvalue weighted by Crippen LogP contribution is -2.04. The van der Waals surface area contributed by atoms with Gasteiger partial charge in [-0.3, -0.25) is 10.1 Å². The highest BCUT2D eigenvalue weighted by atomic mass is 35.7. The summed E-state index contributed by atoms with van der Waals surface area (Å²) in [5.74, 6) is 0. The Labute approximate surface area is 102 Å². The summed E-state index contributed by atoms with van der Waals surface area (Å²) < 4.78 is 22.6. The van der Waals surface area contributed by atoms with Gasteiger partial charge >= 0.3 is 0 Å². The summed E-state index contributed by atoms with van der Waals surface area (Å²) in [6, 6.07) is 3.91. The molecule has 0 heterocycles. The van der Waals surface area contributed by atoms with Gasteiger partial charge in [-0.05, 0) is 18.1 Å².